The number of benzene rings is 1. The number of nitrogens with zero attached hydrogens (tertiary/aromatic N) is 1. The maximum atomic E-state index is 12.0. The molecule has 4 nitrogen and oxygen atoms in total. The maximum absolute atomic E-state index is 12.0. The summed E-state index contributed by atoms with van der Waals surface area (Å²) in [7, 11) is 0. The Labute approximate surface area is 114 Å². The van der Waals surface area contributed by atoms with Crippen molar-refractivity contribution in [3.05, 3.63) is 29.8 Å². The van der Waals surface area contributed by atoms with Crippen LogP contribution in [0.5, 0.6) is 0 Å². The molecular weight excluding hydrogens is 240 g/mol. The summed E-state index contributed by atoms with van der Waals surface area (Å²) in [5.74, 6) is -0.0907. The van der Waals surface area contributed by atoms with Crippen molar-refractivity contribution in [3.8, 4) is 0 Å². The predicted molar refractivity (Wildman–Crippen MR) is 76.3 cm³/mol. The van der Waals surface area contributed by atoms with Gasteiger partial charge in [0.05, 0.1) is 6.61 Å². The van der Waals surface area contributed by atoms with E-state index in [2.05, 4.69) is 24.4 Å². The van der Waals surface area contributed by atoms with Crippen LogP contribution in [0.1, 0.15) is 25.8 Å². The molecule has 2 unspecified atom stereocenters. The number of aryl methyl sites for hydroxylation is 1. The molecule has 1 amide bonds. The van der Waals surface area contributed by atoms with Gasteiger partial charge in [-0.05, 0) is 37.5 Å². The molecule has 0 radical (unpaired) electrons. The Morgan fingerprint density at radius 2 is 2.05 bits per heavy atom. The predicted octanol–water partition coefficient (Wildman–Crippen LogP) is 1.32. The number of anilines is 1. The van der Waals surface area contributed by atoms with Gasteiger partial charge in [-0.25, -0.2) is 0 Å². The van der Waals surface area contributed by atoms with Gasteiger partial charge < -0.3 is 15.3 Å². The number of carbonyl (C=O) groups excluding carboxylic acids is 1. The molecule has 1 aliphatic heterocycles. The molecule has 2 atom stereocenters. The molecule has 1 aliphatic rings. The van der Waals surface area contributed by atoms with Gasteiger partial charge in [-0.3, -0.25) is 4.79 Å². The lowest BCUT2D eigenvalue weighted by molar-refractivity contribution is -0.123. The van der Waals surface area contributed by atoms with Crippen LogP contribution in [0.25, 0.3) is 0 Å². The summed E-state index contributed by atoms with van der Waals surface area (Å²) < 4.78 is 0. The molecule has 0 aromatic heterocycles. The zero-order valence-electron chi connectivity index (χ0n) is 11.6. The average Bonchev–Trinajstić information content (AvgIpc) is 2.57. The molecule has 0 saturated carbocycles. The lowest BCUT2D eigenvalue weighted by atomic mass is 10.1. The fourth-order valence-corrected chi connectivity index (χ4v) is 2.45. The maximum Gasteiger partial charge on any atom is 0.245 e. The number of carbonyl (C=O) groups is 1. The van der Waals surface area contributed by atoms with Gasteiger partial charge in [-0.1, -0.05) is 19.1 Å². The molecule has 1 aromatic carbocycles. The van der Waals surface area contributed by atoms with E-state index in [-0.39, 0.29) is 18.6 Å². The summed E-state index contributed by atoms with van der Waals surface area (Å²) in [4.78, 5) is 14.0. The Hall–Kier alpha value is -1.55. The van der Waals surface area contributed by atoms with Crippen molar-refractivity contribution in [2.24, 2.45) is 0 Å². The number of aliphatic hydroxyl groups is 1. The van der Waals surface area contributed by atoms with E-state index in [4.69, 9.17) is 0 Å². The second-order valence-corrected chi connectivity index (χ2v) is 5.11. The summed E-state index contributed by atoms with van der Waals surface area (Å²) in [5, 5.41) is 12.4. The normalized spacial score (nSPS) is 23.9. The van der Waals surface area contributed by atoms with Crippen LogP contribution in [0, 0.1) is 0 Å². The smallest absolute Gasteiger partial charge is 0.245 e. The van der Waals surface area contributed by atoms with Crippen LogP contribution in [-0.4, -0.2) is 36.2 Å². The molecule has 1 aromatic rings. The number of hydrogen-bond acceptors (Lipinski definition) is 3. The van der Waals surface area contributed by atoms with E-state index in [9.17, 15) is 9.90 Å². The Kier molecular flexibility index (Phi) is 4.43. The van der Waals surface area contributed by atoms with Crippen LogP contribution in [0.2, 0.25) is 0 Å². The topological polar surface area (TPSA) is 52.6 Å². The summed E-state index contributed by atoms with van der Waals surface area (Å²) in [6.07, 6.45) is 1.89. The first-order valence-corrected chi connectivity index (χ1v) is 6.92. The van der Waals surface area contributed by atoms with E-state index >= 15 is 0 Å². The zero-order chi connectivity index (χ0) is 13.8. The highest BCUT2D eigenvalue weighted by Gasteiger charge is 2.29. The van der Waals surface area contributed by atoms with Gasteiger partial charge in [0.1, 0.15) is 6.04 Å². The summed E-state index contributed by atoms with van der Waals surface area (Å²) in [5.41, 5.74) is 2.28. The Balaban J connectivity index is 2.25. The number of amides is 1. The first-order chi connectivity index (χ1) is 9.15. The number of aliphatic hydroxyl groups excluding tert-OH is 1. The van der Waals surface area contributed by atoms with Crippen LogP contribution in [-0.2, 0) is 11.2 Å². The highest BCUT2D eigenvalue weighted by Crippen LogP contribution is 2.21. The van der Waals surface area contributed by atoms with E-state index < -0.39 is 6.04 Å². The minimum atomic E-state index is -0.488. The Bertz CT molecular complexity index is 430. The number of rotatable bonds is 3. The van der Waals surface area contributed by atoms with Crippen LogP contribution < -0.4 is 10.2 Å². The molecule has 1 heterocycles. The molecule has 1 saturated heterocycles. The third-order valence-electron chi connectivity index (χ3n) is 3.72. The molecule has 19 heavy (non-hydrogen) atoms. The highest BCUT2D eigenvalue weighted by atomic mass is 16.3. The highest BCUT2D eigenvalue weighted by molar-refractivity contribution is 5.86. The van der Waals surface area contributed by atoms with Crippen molar-refractivity contribution >= 4 is 11.6 Å². The Morgan fingerprint density at radius 3 is 2.63 bits per heavy atom. The fourth-order valence-electron chi connectivity index (χ4n) is 2.45. The van der Waals surface area contributed by atoms with Gasteiger partial charge in [-0.15, -0.1) is 0 Å². The molecule has 0 bridgehead atoms. The fraction of sp³-hybridized carbons (Fsp3) is 0.533. The van der Waals surface area contributed by atoms with Crippen molar-refractivity contribution in [3.63, 3.8) is 0 Å². The number of nitrogens with one attached hydrogen (secondary N) is 1. The van der Waals surface area contributed by atoms with E-state index in [1.54, 1.807) is 0 Å². The van der Waals surface area contributed by atoms with Crippen LogP contribution in [0.4, 0.5) is 5.69 Å². The van der Waals surface area contributed by atoms with Gasteiger partial charge in [0.25, 0.3) is 0 Å². The van der Waals surface area contributed by atoms with Gasteiger partial charge >= 0.3 is 0 Å². The molecule has 1 fully saturated rings. The average molecular weight is 262 g/mol. The van der Waals surface area contributed by atoms with Gasteiger partial charge in [0.15, 0.2) is 0 Å². The van der Waals surface area contributed by atoms with E-state index in [0.29, 0.717) is 0 Å². The minimum absolute atomic E-state index is 0.0907. The first-order valence-electron chi connectivity index (χ1n) is 6.92. The lowest BCUT2D eigenvalue weighted by Gasteiger charge is -2.29. The second-order valence-electron chi connectivity index (χ2n) is 5.11. The molecular formula is C15H22N2O2. The molecule has 0 spiro atoms. The first kappa shape index (κ1) is 13.9. The number of hydrogen-bond donors (Lipinski definition) is 2. The third-order valence-corrected chi connectivity index (χ3v) is 3.72. The van der Waals surface area contributed by atoms with E-state index in [1.807, 2.05) is 24.0 Å². The van der Waals surface area contributed by atoms with E-state index in [0.717, 1.165) is 25.1 Å². The van der Waals surface area contributed by atoms with Crippen LogP contribution >= 0.6 is 0 Å². The SMILES string of the molecule is CCc1ccc(N2CCC(C)NC(=O)C2CO)cc1. The van der Waals surface area contributed by atoms with Crippen molar-refractivity contribution in [2.75, 3.05) is 18.1 Å². The monoisotopic (exact) mass is 262 g/mol. The largest absolute Gasteiger partial charge is 0.394 e. The van der Waals surface area contributed by atoms with Gasteiger partial charge in [0, 0.05) is 18.3 Å². The molecule has 0 aliphatic carbocycles. The van der Waals surface area contributed by atoms with Crippen molar-refractivity contribution in [1.29, 1.82) is 0 Å². The molecule has 2 rings (SSSR count). The van der Waals surface area contributed by atoms with Crippen LogP contribution in [0.3, 0.4) is 0 Å². The van der Waals surface area contributed by atoms with Crippen molar-refractivity contribution in [2.45, 2.75) is 38.8 Å². The molecule has 4 heteroatoms. The molecule has 104 valence electrons. The quantitative estimate of drug-likeness (QED) is 0.864. The molecule has 2 N–H and O–H groups in total. The second kappa shape index (κ2) is 6.06. The van der Waals surface area contributed by atoms with E-state index in [1.165, 1.54) is 5.56 Å². The minimum Gasteiger partial charge on any atom is -0.394 e. The van der Waals surface area contributed by atoms with Crippen molar-refractivity contribution in [1.82, 2.24) is 5.32 Å². The van der Waals surface area contributed by atoms with Gasteiger partial charge in [0.2, 0.25) is 5.91 Å². The van der Waals surface area contributed by atoms with Crippen molar-refractivity contribution < 1.29 is 9.90 Å². The summed E-state index contributed by atoms with van der Waals surface area (Å²) in [6.45, 7) is 4.73. The van der Waals surface area contributed by atoms with Crippen LogP contribution in [0.15, 0.2) is 24.3 Å². The summed E-state index contributed by atoms with van der Waals surface area (Å²) in [6, 6.07) is 7.89. The third kappa shape index (κ3) is 3.07. The zero-order valence-corrected chi connectivity index (χ0v) is 11.6. The Morgan fingerprint density at radius 1 is 1.37 bits per heavy atom. The van der Waals surface area contributed by atoms with Gasteiger partial charge in [-0.2, -0.15) is 0 Å². The lowest BCUT2D eigenvalue weighted by Crippen LogP contribution is -2.47. The summed E-state index contributed by atoms with van der Waals surface area (Å²) >= 11 is 0. The standard InChI is InChI=1S/C15H22N2O2/c1-3-12-4-6-13(7-5-12)17-9-8-11(2)16-15(19)14(17)10-18/h4-7,11,14,18H,3,8-10H2,1-2H3,(H,16,19).